The first kappa shape index (κ1) is 14.6. The van der Waals surface area contributed by atoms with Gasteiger partial charge in [0.05, 0.1) is 0 Å². The molecule has 2 aromatic carbocycles. The van der Waals surface area contributed by atoms with E-state index in [0.717, 1.165) is 22.3 Å². The third-order valence-corrected chi connectivity index (χ3v) is 4.40. The Labute approximate surface area is 125 Å². The van der Waals surface area contributed by atoms with Gasteiger partial charge in [0.25, 0.3) is 0 Å². The summed E-state index contributed by atoms with van der Waals surface area (Å²) in [6.45, 7) is 1.57. The van der Waals surface area contributed by atoms with Crippen LogP contribution in [0.2, 0.25) is 0 Å². The highest BCUT2D eigenvalue weighted by Crippen LogP contribution is 2.18. The number of rotatable bonds is 6. The van der Waals surface area contributed by atoms with Crippen LogP contribution in [0.1, 0.15) is 5.56 Å². The maximum Gasteiger partial charge on any atom is 0.123 e. The normalized spacial score (nSPS) is 10.6. The molecule has 0 amide bonds. The van der Waals surface area contributed by atoms with Crippen LogP contribution in [0.5, 0.6) is 0 Å². The second-order valence-electron chi connectivity index (χ2n) is 4.07. The van der Waals surface area contributed by atoms with Gasteiger partial charge in [-0.25, -0.2) is 4.39 Å². The highest BCUT2D eigenvalue weighted by molar-refractivity contribution is 9.10. The summed E-state index contributed by atoms with van der Waals surface area (Å²) in [5, 5.41) is 3.32. The maximum atomic E-state index is 13.1. The molecule has 0 saturated heterocycles. The van der Waals surface area contributed by atoms with Gasteiger partial charge in [-0.1, -0.05) is 34.1 Å². The Bertz CT molecular complexity index is 519. The van der Waals surface area contributed by atoms with E-state index in [1.54, 1.807) is 12.1 Å². The Kier molecular flexibility index (Phi) is 5.89. The van der Waals surface area contributed by atoms with Crippen LogP contribution in [0.3, 0.4) is 0 Å². The van der Waals surface area contributed by atoms with E-state index in [4.69, 9.17) is 0 Å². The minimum atomic E-state index is -0.196. The monoisotopic (exact) mass is 339 g/mol. The fourth-order valence-corrected chi connectivity index (χ4v) is 2.88. The lowest BCUT2D eigenvalue weighted by Crippen LogP contribution is -2.16. The van der Waals surface area contributed by atoms with E-state index >= 15 is 0 Å². The zero-order valence-corrected chi connectivity index (χ0v) is 12.8. The molecular formula is C15H15BrFNS. The zero-order chi connectivity index (χ0) is 13.5. The molecular weight excluding hydrogens is 325 g/mol. The summed E-state index contributed by atoms with van der Waals surface area (Å²) in [6, 6.07) is 15.1. The molecule has 0 saturated carbocycles. The van der Waals surface area contributed by atoms with Crippen molar-refractivity contribution < 1.29 is 4.39 Å². The molecule has 19 heavy (non-hydrogen) atoms. The van der Waals surface area contributed by atoms with Crippen molar-refractivity contribution >= 4 is 27.7 Å². The molecule has 2 rings (SSSR count). The van der Waals surface area contributed by atoms with Gasteiger partial charge in [-0.15, -0.1) is 11.8 Å². The molecule has 4 heteroatoms. The predicted octanol–water partition coefficient (Wildman–Crippen LogP) is 4.47. The molecule has 0 atom stereocenters. The third-order valence-electron chi connectivity index (χ3n) is 2.61. The van der Waals surface area contributed by atoms with Crippen molar-refractivity contribution in [2.24, 2.45) is 0 Å². The molecule has 0 aliphatic carbocycles. The molecule has 0 aromatic heterocycles. The minimum absolute atomic E-state index is 0.196. The quantitative estimate of drug-likeness (QED) is 0.615. The van der Waals surface area contributed by atoms with E-state index in [-0.39, 0.29) is 5.82 Å². The number of halogens is 2. The van der Waals surface area contributed by atoms with E-state index in [0.29, 0.717) is 6.54 Å². The molecule has 100 valence electrons. The average Bonchev–Trinajstić information content (AvgIpc) is 2.43. The first-order valence-corrected chi connectivity index (χ1v) is 7.86. The molecule has 0 fully saturated rings. The topological polar surface area (TPSA) is 12.0 Å². The van der Waals surface area contributed by atoms with Gasteiger partial charge >= 0.3 is 0 Å². The summed E-state index contributed by atoms with van der Waals surface area (Å²) in [6.07, 6.45) is 0. The second-order valence-corrected chi connectivity index (χ2v) is 6.10. The SMILES string of the molecule is Fc1ccc(Br)c(CNCCSc2ccccc2)c1. The molecule has 0 unspecified atom stereocenters. The molecule has 0 radical (unpaired) electrons. The highest BCUT2D eigenvalue weighted by Gasteiger charge is 2.01. The molecule has 0 heterocycles. The average molecular weight is 340 g/mol. The van der Waals surface area contributed by atoms with Crippen molar-refractivity contribution in [1.82, 2.24) is 5.32 Å². The van der Waals surface area contributed by atoms with Crippen molar-refractivity contribution in [3.05, 3.63) is 64.4 Å². The van der Waals surface area contributed by atoms with Crippen molar-refractivity contribution in [3.63, 3.8) is 0 Å². The Morgan fingerprint density at radius 3 is 2.68 bits per heavy atom. The number of hydrogen-bond donors (Lipinski definition) is 1. The van der Waals surface area contributed by atoms with E-state index in [2.05, 4.69) is 33.4 Å². The summed E-state index contributed by atoms with van der Waals surface area (Å²) in [5.41, 5.74) is 0.949. The first-order chi connectivity index (χ1) is 9.25. The van der Waals surface area contributed by atoms with Gasteiger partial charge in [-0.2, -0.15) is 0 Å². The molecule has 0 spiro atoms. The van der Waals surface area contributed by atoms with Crippen LogP contribution in [0, 0.1) is 5.82 Å². The van der Waals surface area contributed by atoms with Gasteiger partial charge in [-0.3, -0.25) is 0 Å². The Hall–Kier alpha value is -0.840. The lowest BCUT2D eigenvalue weighted by atomic mass is 10.2. The standard InChI is InChI=1S/C15H15BrFNS/c16-15-7-6-13(17)10-12(15)11-18-8-9-19-14-4-2-1-3-5-14/h1-7,10,18H,8-9,11H2. The smallest absolute Gasteiger partial charge is 0.123 e. The van der Waals surface area contributed by atoms with E-state index in [1.165, 1.54) is 11.0 Å². The predicted molar refractivity (Wildman–Crippen MR) is 83.0 cm³/mol. The van der Waals surface area contributed by atoms with Gasteiger partial charge in [-0.05, 0) is 35.9 Å². The Balaban J connectivity index is 1.71. The second kappa shape index (κ2) is 7.68. The summed E-state index contributed by atoms with van der Waals surface area (Å²) in [5.74, 6) is 0.801. The van der Waals surface area contributed by atoms with Crippen LogP contribution in [0.25, 0.3) is 0 Å². The summed E-state index contributed by atoms with van der Waals surface area (Å²) in [7, 11) is 0. The number of thioether (sulfide) groups is 1. The van der Waals surface area contributed by atoms with Crippen molar-refractivity contribution in [2.75, 3.05) is 12.3 Å². The Morgan fingerprint density at radius 1 is 1.11 bits per heavy atom. The molecule has 1 nitrogen and oxygen atoms in total. The fraction of sp³-hybridized carbons (Fsp3) is 0.200. The number of benzene rings is 2. The van der Waals surface area contributed by atoms with E-state index < -0.39 is 0 Å². The van der Waals surface area contributed by atoms with Crippen molar-refractivity contribution in [3.8, 4) is 0 Å². The molecule has 0 aliphatic rings. The lowest BCUT2D eigenvalue weighted by molar-refractivity contribution is 0.621. The highest BCUT2D eigenvalue weighted by atomic mass is 79.9. The maximum absolute atomic E-state index is 13.1. The van der Waals surface area contributed by atoms with Gasteiger partial charge in [0, 0.05) is 28.2 Å². The van der Waals surface area contributed by atoms with Crippen LogP contribution in [0.15, 0.2) is 57.9 Å². The molecule has 2 aromatic rings. The van der Waals surface area contributed by atoms with Gasteiger partial charge in [0.2, 0.25) is 0 Å². The van der Waals surface area contributed by atoms with Crippen LogP contribution in [-0.4, -0.2) is 12.3 Å². The molecule has 0 aliphatic heterocycles. The van der Waals surface area contributed by atoms with Crippen LogP contribution in [-0.2, 0) is 6.54 Å². The largest absolute Gasteiger partial charge is 0.312 e. The zero-order valence-electron chi connectivity index (χ0n) is 10.4. The number of nitrogens with one attached hydrogen (secondary N) is 1. The van der Waals surface area contributed by atoms with E-state index in [9.17, 15) is 4.39 Å². The first-order valence-electron chi connectivity index (χ1n) is 6.08. The van der Waals surface area contributed by atoms with E-state index in [1.807, 2.05) is 30.0 Å². The summed E-state index contributed by atoms with van der Waals surface area (Å²) in [4.78, 5) is 1.27. The summed E-state index contributed by atoms with van der Waals surface area (Å²) >= 11 is 5.24. The van der Waals surface area contributed by atoms with Gasteiger partial charge in [0.15, 0.2) is 0 Å². The van der Waals surface area contributed by atoms with Gasteiger partial charge < -0.3 is 5.32 Å². The lowest BCUT2D eigenvalue weighted by Gasteiger charge is -2.07. The van der Waals surface area contributed by atoms with Crippen LogP contribution < -0.4 is 5.32 Å². The van der Waals surface area contributed by atoms with Crippen molar-refractivity contribution in [2.45, 2.75) is 11.4 Å². The van der Waals surface area contributed by atoms with Gasteiger partial charge in [0.1, 0.15) is 5.82 Å². The summed E-state index contributed by atoms with van der Waals surface area (Å²) < 4.78 is 14.0. The van der Waals surface area contributed by atoms with Crippen LogP contribution in [0.4, 0.5) is 4.39 Å². The van der Waals surface area contributed by atoms with Crippen LogP contribution >= 0.6 is 27.7 Å². The third kappa shape index (κ3) is 4.97. The minimum Gasteiger partial charge on any atom is -0.312 e. The molecule has 1 N–H and O–H groups in total. The number of hydrogen-bond acceptors (Lipinski definition) is 2. The van der Waals surface area contributed by atoms with Crippen molar-refractivity contribution in [1.29, 1.82) is 0 Å². The molecule has 0 bridgehead atoms. The Morgan fingerprint density at radius 2 is 1.89 bits per heavy atom. The fourth-order valence-electron chi connectivity index (χ4n) is 1.66.